The number of ether oxygens (including phenoxy) is 1. The van der Waals surface area contributed by atoms with Crippen molar-refractivity contribution >= 4 is 5.91 Å². The molecule has 3 nitrogen and oxygen atoms in total. The number of aryl methyl sites for hydroxylation is 1. The third-order valence-corrected chi connectivity index (χ3v) is 3.72. The second-order valence-electron chi connectivity index (χ2n) is 5.58. The highest BCUT2D eigenvalue weighted by molar-refractivity contribution is 5.80. The Balaban J connectivity index is 1.85. The van der Waals surface area contributed by atoms with Crippen molar-refractivity contribution in [3.05, 3.63) is 65.7 Å². The average Bonchev–Trinajstić information content (AvgIpc) is 2.55. The summed E-state index contributed by atoms with van der Waals surface area (Å²) < 4.78 is 5.73. The summed E-state index contributed by atoms with van der Waals surface area (Å²) in [6.07, 6.45) is -0.510. The van der Waals surface area contributed by atoms with E-state index in [1.807, 2.05) is 49.4 Å². The van der Waals surface area contributed by atoms with Crippen molar-refractivity contribution in [2.45, 2.75) is 32.8 Å². The van der Waals surface area contributed by atoms with Gasteiger partial charge in [0.05, 0.1) is 0 Å². The van der Waals surface area contributed by atoms with E-state index in [0.717, 1.165) is 11.3 Å². The van der Waals surface area contributed by atoms with Gasteiger partial charge in [-0.2, -0.15) is 0 Å². The molecule has 0 bridgehead atoms. The highest BCUT2D eigenvalue weighted by Gasteiger charge is 2.16. The number of para-hydroxylation sites is 1. The van der Waals surface area contributed by atoms with Gasteiger partial charge in [-0.1, -0.05) is 55.5 Å². The summed E-state index contributed by atoms with van der Waals surface area (Å²) >= 11 is 0. The number of benzene rings is 2. The van der Waals surface area contributed by atoms with E-state index in [9.17, 15) is 4.79 Å². The molecule has 0 aliphatic heterocycles. The molecule has 3 heteroatoms. The number of hydrogen-bond donors (Lipinski definition) is 1. The van der Waals surface area contributed by atoms with Crippen LogP contribution in [-0.2, 0) is 4.79 Å². The van der Waals surface area contributed by atoms with Crippen LogP contribution < -0.4 is 10.1 Å². The van der Waals surface area contributed by atoms with Gasteiger partial charge < -0.3 is 10.1 Å². The van der Waals surface area contributed by atoms with Gasteiger partial charge in [0.2, 0.25) is 0 Å². The Morgan fingerprint density at radius 3 is 2.36 bits per heavy atom. The van der Waals surface area contributed by atoms with Gasteiger partial charge >= 0.3 is 0 Å². The molecule has 0 fully saturated rings. The quantitative estimate of drug-likeness (QED) is 0.883. The maximum atomic E-state index is 12.2. The lowest BCUT2D eigenvalue weighted by Crippen LogP contribution is -2.38. The van der Waals surface area contributed by atoms with Gasteiger partial charge in [0.1, 0.15) is 5.75 Å². The summed E-state index contributed by atoms with van der Waals surface area (Å²) in [5, 5.41) is 2.96. The van der Waals surface area contributed by atoms with Crippen LogP contribution in [0.4, 0.5) is 0 Å². The molecule has 1 N–H and O–H groups in total. The molecular weight excluding hydrogens is 274 g/mol. The van der Waals surface area contributed by atoms with Gasteiger partial charge in [0.15, 0.2) is 6.10 Å². The van der Waals surface area contributed by atoms with Crippen LogP contribution in [0.2, 0.25) is 0 Å². The van der Waals surface area contributed by atoms with E-state index in [1.54, 1.807) is 6.92 Å². The Bertz CT molecular complexity index is 610. The van der Waals surface area contributed by atoms with Crippen LogP contribution in [0.25, 0.3) is 0 Å². The number of hydrogen-bond acceptors (Lipinski definition) is 2. The minimum Gasteiger partial charge on any atom is -0.481 e. The zero-order valence-electron chi connectivity index (χ0n) is 13.4. The number of carbonyl (C=O) groups excluding carboxylic acids is 1. The topological polar surface area (TPSA) is 38.3 Å². The molecule has 0 saturated carbocycles. The molecule has 0 aromatic heterocycles. The Kier molecular flexibility index (Phi) is 5.59. The van der Waals surface area contributed by atoms with E-state index in [-0.39, 0.29) is 11.8 Å². The predicted molar refractivity (Wildman–Crippen MR) is 89.1 cm³/mol. The zero-order chi connectivity index (χ0) is 15.9. The number of carbonyl (C=O) groups is 1. The highest BCUT2D eigenvalue weighted by Crippen LogP contribution is 2.18. The third-order valence-electron chi connectivity index (χ3n) is 3.72. The SMILES string of the molecule is Cc1ccccc1OC(C)C(=O)NCC(C)c1ccccc1. The maximum Gasteiger partial charge on any atom is 0.260 e. The molecule has 0 radical (unpaired) electrons. The fourth-order valence-corrected chi connectivity index (χ4v) is 2.23. The molecule has 0 aliphatic carbocycles. The summed E-state index contributed by atoms with van der Waals surface area (Å²) in [5.74, 6) is 0.933. The van der Waals surface area contributed by atoms with Crippen molar-refractivity contribution in [3.8, 4) is 5.75 Å². The fraction of sp³-hybridized carbons (Fsp3) is 0.316. The molecule has 2 aromatic carbocycles. The van der Waals surface area contributed by atoms with E-state index < -0.39 is 6.10 Å². The highest BCUT2D eigenvalue weighted by atomic mass is 16.5. The minimum absolute atomic E-state index is 0.0916. The lowest BCUT2D eigenvalue weighted by atomic mass is 10.0. The third kappa shape index (κ3) is 4.35. The van der Waals surface area contributed by atoms with Gasteiger partial charge in [-0.3, -0.25) is 4.79 Å². The number of rotatable bonds is 6. The largest absolute Gasteiger partial charge is 0.481 e. The molecule has 22 heavy (non-hydrogen) atoms. The molecule has 2 aromatic rings. The zero-order valence-corrected chi connectivity index (χ0v) is 13.4. The van der Waals surface area contributed by atoms with Gasteiger partial charge in [-0.25, -0.2) is 0 Å². The summed E-state index contributed by atoms with van der Waals surface area (Å²) in [4.78, 5) is 12.2. The van der Waals surface area contributed by atoms with E-state index >= 15 is 0 Å². The van der Waals surface area contributed by atoms with Crippen LogP contribution in [0.3, 0.4) is 0 Å². The first-order chi connectivity index (χ1) is 10.6. The summed E-state index contributed by atoms with van der Waals surface area (Å²) in [5.41, 5.74) is 2.25. The van der Waals surface area contributed by atoms with Crippen molar-refractivity contribution in [2.24, 2.45) is 0 Å². The molecule has 1 amide bonds. The van der Waals surface area contributed by atoms with Crippen molar-refractivity contribution < 1.29 is 9.53 Å². The summed E-state index contributed by atoms with van der Waals surface area (Å²) in [6.45, 7) is 6.44. The lowest BCUT2D eigenvalue weighted by Gasteiger charge is -2.18. The Morgan fingerprint density at radius 2 is 1.68 bits per heavy atom. The van der Waals surface area contributed by atoms with Crippen LogP contribution >= 0.6 is 0 Å². The second kappa shape index (κ2) is 7.64. The summed E-state index contributed by atoms with van der Waals surface area (Å²) in [7, 11) is 0. The molecule has 2 rings (SSSR count). The fourth-order valence-electron chi connectivity index (χ4n) is 2.23. The van der Waals surface area contributed by atoms with Crippen LogP contribution in [0.15, 0.2) is 54.6 Å². The van der Waals surface area contributed by atoms with Crippen molar-refractivity contribution in [1.82, 2.24) is 5.32 Å². The van der Waals surface area contributed by atoms with Gasteiger partial charge in [0.25, 0.3) is 5.91 Å². The molecule has 2 atom stereocenters. The lowest BCUT2D eigenvalue weighted by molar-refractivity contribution is -0.127. The minimum atomic E-state index is -0.510. The maximum absolute atomic E-state index is 12.2. The van der Waals surface area contributed by atoms with Gasteiger partial charge in [-0.15, -0.1) is 0 Å². The van der Waals surface area contributed by atoms with Gasteiger partial charge in [-0.05, 0) is 37.0 Å². The van der Waals surface area contributed by atoms with E-state index in [4.69, 9.17) is 4.74 Å². The first kappa shape index (κ1) is 16.1. The Morgan fingerprint density at radius 1 is 1.05 bits per heavy atom. The van der Waals surface area contributed by atoms with E-state index in [1.165, 1.54) is 5.56 Å². The molecular formula is C19H23NO2. The van der Waals surface area contributed by atoms with Crippen LogP contribution in [0.1, 0.15) is 30.9 Å². The first-order valence-corrected chi connectivity index (χ1v) is 7.63. The molecule has 0 heterocycles. The monoisotopic (exact) mass is 297 g/mol. The van der Waals surface area contributed by atoms with Crippen molar-refractivity contribution in [3.63, 3.8) is 0 Å². The Hall–Kier alpha value is -2.29. The molecule has 0 aliphatic rings. The normalized spacial score (nSPS) is 13.2. The van der Waals surface area contributed by atoms with Crippen molar-refractivity contribution in [2.75, 3.05) is 6.54 Å². The number of nitrogens with one attached hydrogen (secondary N) is 1. The van der Waals surface area contributed by atoms with Crippen LogP contribution in [0, 0.1) is 6.92 Å². The van der Waals surface area contributed by atoms with E-state index in [2.05, 4.69) is 24.4 Å². The standard InChI is InChI=1S/C19H23NO2/c1-14-9-7-8-12-18(14)22-16(3)19(21)20-13-15(2)17-10-5-4-6-11-17/h4-12,15-16H,13H2,1-3H3,(H,20,21). The van der Waals surface area contributed by atoms with Crippen LogP contribution in [-0.4, -0.2) is 18.6 Å². The second-order valence-corrected chi connectivity index (χ2v) is 5.58. The molecule has 0 spiro atoms. The number of amides is 1. The molecule has 0 saturated heterocycles. The van der Waals surface area contributed by atoms with Crippen molar-refractivity contribution in [1.29, 1.82) is 0 Å². The summed E-state index contributed by atoms with van der Waals surface area (Å²) in [6, 6.07) is 17.9. The van der Waals surface area contributed by atoms with Gasteiger partial charge in [0, 0.05) is 6.54 Å². The molecule has 2 unspecified atom stereocenters. The predicted octanol–water partition coefficient (Wildman–Crippen LogP) is 3.68. The van der Waals surface area contributed by atoms with Crippen LogP contribution in [0.5, 0.6) is 5.75 Å². The average molecular weight is 297 g/mol. The van der Waals surface area contributed by atoms with E-state index in [0.29, 0.717) is 6.54 Å². The first-order valence-electron chi connectivity index (χ1n) is 7.63. The molecule has 116 valence electrons. The smallest absolute Gasteiger partial charge is 0.260 e. The Labute approximate surface area is 132 Å².